The number of likely N-dealkylation sites (N-methyl/N-ethyl adjacent to an activating group) is 2. The number of fused-ring (bicyclic) bond motifs is 1. The summed E-state index contributed by atoms with van der Waals surface area (Å²) in [6.07, 6.45) is 6.89. The van der Waals surface area contributed by atoms with E-state index in [2.05, 4.69) is 62.2 Å². The summed E-state index contributed by atoms with van der Waals surface area (Å²) >= 11 is 9.49. The van der Waals surface area contributed by atoms with Gasteiger partial charge in [0.25, 0.3) is 0 Å². The third-order valence-electron chi connectivity index (χ3n) is 6.95. The second-order valence-corrected chi connectivity index (χ2v) is 10.2. The molecule has 0 bridgehead atoms. The lowest BCUT2D eigenvalue weighted by atomic mass is 9.96. The van der Waals surface area contributed by atoms with E-state index in [4.69, 9.17) is 16.3 Å². The topological polar surface area (TPSA) is 53.5 Å². The molecule has 4 rings (SSSR count). The lowest BCUT2D eigenvalue weighted by Crippen LogP contribution is -2.47. The summed E-state index contributed by atoms with van der Waals surface area (Å²) < 4.78 is 21.2. The van der Waals surface area contributed by atoms with E-state index in [0.29, 0.717) is 35.4 Å². The average molecular weight is 515 g/mol. The number of benzene rings is 1. The SMILES string of the molecule is CN1CCC[C@H]1COc1nc(NCC2(N(C)C)CCCC2)c2cc(Cl)c(Br)c(F)c2n1. The van der Waals surface area contributed by atoms with Crippen LogP contribution in [0.15, 0.2) is 10.5 Å². The lowest BCUT2D eigenvalue weighted by molar-refractivity contribution is 0.172. The molecule has 1 aromatic carbocycles. The molecule has 2 aromatic rings. The molecule has 2 heterocycles. The first kappa shape index (κ1) is 23.0. The standard InChI is InChI=1S/C22H30BrClFN5O/c1-29(2)22(8-4-5-9-22)13-26-20-15-11-16(24)17(23)18(25)19(15)27-21(28-20)31-12-14-7-6-10-30(14)3/h11,14H,4-10,12-13H2,1-3H3,(H,26,27,28)/t14-/m0/s1. The predicted octanol–water partition coefficient (Wildman–Crippen LogP) is 4.94. The Kier molecular flexibility index (Phi) is 6.91. The lowest BCUT2D eigenvalue weighted by Gasteiger charge is -2.36. The van der Waals surface area contributed by atoms with Gasteiger partial charge in [-0.15, -0.1) is 0 Å². The number of hydrogen-bond acceptors (Lipinski definition) is 6. The molecule has 1 aromatic heterocycles. The van der Waals surface area contributed by atoms with E-state index >= 15 is 4.39 Å². The van der Waals surface area contributed by atoms with Gasteiger partial charge in [0.1, 0.15) is 17.9 Å². The molecule has 1 saturated carbocycles. The number of nitrogens with zero attached hydrogens (tertiary/aromatic N) is 4. The molecule has 2 aliphatic rings. The van der Waals surface area contributed by atoms with E-state index in [1.165, 1.54) is 12.8 Å². The third-order valence-corrected chi connectivity index (χ3v) is 8.25. The minimum absolute atomic E-state index is 0.0581. The number of nitrogens with one attached hydrogen (secondary N) is 1. The zero-order valence-electron chi connectivity index (χ0n) is 18.3. The second kappa shape index (κ2) is 9.33. The van der Waals surface area contributed by atoms with E-state index in [1.807, 2.05) is 0 Å². The van der Waals surface area contributed by atoms with Crippen LogP contribution in [0.5, 0.6) is 6.01 Å². The fraction of sp³-hybridized carbons (Fsp3) is 0.636. The van der Waals surface area contributed by atoms with Crippen LogP contribution in [0.1, 0.15) is 38.5 Å². The number of likely N-dealkylation sites (tertiary alicyclic amines) is 1. The van der Waals surface area contributed by atoms with Crippen LogP contribution in [0.25, 0.3) is 10.9 Å². The van der Waals surface area contributed by atoms with Gasteiger partial charge in [-0.25, -0.2) is 4.39 Å². The molecule has 1 N–H and O–H groups in total. The molecule has 1 atom stereocenters. The van der Waals surface area contributed by atoms with Crippen molar-refractivity contribution >= 4 is 44.3 Å². The molecular formula is C22H30BrClFN5O. The Labute approximate surface area is 196 Å². The van der Waals surface area contributed by atoms with Crippen molar-refractivity contribution in [3.8, 4) is 6.01 Å². The minimum Gasteiger partial charge on any atom is -0.462 e. The minimum atomic E-state index is -0.501. The average Bonchev–Trinajstić information content (AvgIpc) is 3.39. The third kappa shape index (κ3) is 4.63. The molecule has 2 fully saturated rings. The predicted molar refractivity (Wildman–Crippen MR) is 127 cm³/mol. The van der Waals surface area contributed by atoms with Gasteiger partial charge in [-0.2, -0.15) is 9.97 Å². The maximum atomic E-state index is 15.0. The Morgan fingerprint density at radius 3 is 2.71 bits per heavy atom. The van der Waals surface area contributed by atoms with Crippen LogP contribution in [0.2, 0.25) is 5.02 Å². The van der Waals surface area contributed by atoms with E-state index in [9.17, 15) is 0 Å². The normalized spacial score (nSPS) is 21.3. The van der Waals surface area contributed by atoms with Gasteiger partial charge in [0.05, 0.1) is 9.50 Å². The summed E-state index contributed by atoms with van der Waals surface area (Å²) in [4.78, 5) is 13.6. The zero-order valence-corrected chi connectivity index (χ0v) is 20.7. The highest BCUT2D eigenvalue weighted by atomic mass is 79.9. The van der Waals surface area contributed by atoms with Crippen molar-refractivity contribution in [1.82, 2.24) is 19.8 Å². The Bertz CT molecular complexity index is 953. The molecule has 1 saturated heterocycles. The molecule has 0 amide bonds. The van der Waals surface area contributed by atoms with E-state index < -0.39 is 5.82 Å². The Hall–Kier alpha value is -1.22. The van der Waals surface area contributed by atoms with Gasteiger partial charge in [0, 0.05) is 23.5 Å². The highest BCUT2D eigenvalue weighted by Gasteiger charge is 2.36. The largest absolute Gasteiger partial charge is 0.462 e. The Morgan fingerprint density at radius 1 is 1.32 bits per heavy atom. The second-order valence-electron chi connectivity index (χ2n) is 9.00. The van der Waals surface area contributed by atoms with Crippen LogP contribution in [0.4, 0.5) is 10.2 Å². The number of hydrogen-bond donors (Lipinski definition) is 1. The molecule has 6 nitrogen and oxygen atoms in total. The molecule has 0 radical (unpaired) electrons. The molecular weight excluding hydrogens is 485 g/mol. The number of rotatable bonds is 7. The highest BCUT2D eigenvalue weighted by Crippen LogP contribution is 2.37. The molecule has 1 aliphatic heterocycles. The van der Waals surface area contributed by atoms with Gasteiger partial charge in [0.2, 0.25) is 0 Å². The molecule has 0 spiro atoms. The van der Waals surface area contributed by atoms with Gasteiger partial charge >= 0.3 is 6.01 Å². The van der Waals surface area contributed by atoms with Crippen LogP contribution >= 0.6 is 27.5 Å². The van der Waals surface area contributed by atoms with Gasteiger partial charge in [-0.05, 0) is 75.4 Å². The summed E-state index contributed by atoms with van der Waals surface area (Å²) in [5.74, 6) is 0.0557. The van der Waals surface area contributed by atoms with Gasteiger partial charge in [0.15, 0.2) is 5.82 Å². The quantitative estimate of drug-likeness (QED) is 0.528. The van der Waals surface area contributed by atoms with Crippen LogP contribution in [0, 0.1) is 5.82 Å². The smallest absolute Gasteiger partial charge is 0.319 e. The summed E-state index contributed by atoms with van der Waals surface area (Å²) in [5, 5.41) is 4.33. The van der Waals surface area contributed by atoms with Gasteiger partial charge < -0.3 is 19.9 Å². The van der Waals surface area contributed by atoms with Crippen molar-refractivity contribution in [2.45, 2.75) is 50.1 Å². The van der Waals surface area contributed by atoms with Crippen molar-refractivity contribution in [3.63, 3.8) is 0 Å². The molecule has 0 unspecified atom stereocenters. The Balaban J connectivity index is 1.66. The summed E-state index contributed by atoms with van der Waals surface area (Å²) in [7, 11) is 6.33. The number of aromatic nitrogens is 2. The van der Waals surface area contributed by atoms with Crippen molar-refractivity contribution in [1.29, 1.82) is 0 Å². The van der Waals surface area contributed by atoms with Gasteiger partial charge in [-0.1, -0.05) is 24.4 Å². The highest BCUT2D eigenvalue weighted by molar-refractivity contribution is 9.10. The Morgan fingerprint density at radius 2 is 2.06 bits per heavy atom. The van der Waals surface area contributed by atoms with Crippen LogP contribution < -0.4 is 10.1 Å². The van der Waals surface area contributed by atoms with Crippen molar-refractivity contribution in [3.05, 3.63) is 21.4 Å². The molecule has 170 valence electrons. The number of halogens is 3. The van der Waals surface area contributed by atoms with Crippen LogP contribution in [-0.4, -0.2) is 72.2 Å². The van der Waals surface area contributed by atoms with E-state index in [0.717, 1.165) is 32.2 Å². The van der Waals surface area contributed by atoms with E-state index in [-0.39, 0.29) is 21.5 Å². The first-order valence-corrected chi connectivity index (χ1v) is 12.1. The van der Waals surface area contributed by atoms with Crippen LogP contribution in [0.3, 0.4) is 0 Å². The number of anilines is 1. The van der Waals surface area contributed by atoms with Crippen molar-refractivity contribution in [2.75, 3.05) is 46.2 Å². The molecule has 1 aliphatic carbocycles. The maximum Gasteiger partial charge on any atom is 0.319 e. The fourth-order valence-corrected chi connectivity index (χ4v) is 5.27. The van der Waals surface area contributed by atoms with Crippen LogP contribution in [-0.2, 0) is 0 Å². The first-order valence-electron chi connectivity index (χ1n) is 10.9. The first-order chi connectivity index (χ1) is 14.8. The molecule has 31 heavy (non-hydrogen) atoms. The monoisotopic (exact) mass is 513 g/mol. The molecule has 9 heteroatoms. The maximum absolute atomic E-state index is 15.0. The van der Waals surface area contributed by atoms with Crippen molar-refractivity contribution < 1.29 is 9.13 Å². The fourth-order valence-electron chi connectivity index (χ4n) is 4.78. The summed E-state index contributed by atoms with van der Waals surface area (Å²) in [6.45, 7) is 2.26. The van der Waals surface area contributed by atoms with Gasteiger partial charge in [-0.3, -0.25) is 0 Å². The zero-order chi connectivity index (χ0) is 22.2. The van der Waals surface area contributed by atoms with Crippen molar-refractivity contribution in [2.24, 2.45) is 0 Å². The number of ether oxygens (including phenoxy) is 1. The summed E-state index contributed by atoms with van der Waals surface area (Å²) in [5.41, 5.74) is 0.261. The summed E-state index contributed by atoms with van der Waals surface area (Å²) in [6, 6.07) is 2.22. The van der Waals surface area contributed by atoms with E-state index in [1.54, 1.807) is 6.07 Å².